The third-order valence-corrected chi connectivity index (χ3v) is 10.3. The van der Waals surface area contributed by atoms with E-state index in [4.69, 9.17) is 0 Å². The van der Waals surface area contributed by atoms with Gasteiger partial charge in [-0.15, -0.1) is 11.3 Å². The van der Waals surface area contributed by atoms with E-state index in [9.17, 15) is 0 Å². The minimum Gasteiger partial charge on any atom is -0.355 e. The average Bonchev–Trinajstić information content (AvgIpc) is 3.53. The van der Waals surface area contributed by atoms with Gasteiger partial charge >= 0.3 is 0 Å². The van der Waals surface area contributed by atoms with Crippen molar-refractivity contribution in [2.45, 2.75) is 19.4 Å². The number of rotatable bonds is 9. The molecule has 0 radical (unpaired) electrons. The molecule has 0 spiro atoms. The summed E-state index contributed by atoms with van der Waals surface area (Å²) in [5.74, 6) is 0. The number of benzene rings is 6. The van der Waals surface area contributed by atoms with Crippen LogP contribution in [0.5, 0.6) is 0 Å². The molecule has 0 unspecified atom stereocenters. The van der Waals surface area contributed by atoms with E-state index in [1.165, 1.54) is 64.7 Å². The second-order valence-electron chi connectivity index (χ2n) is 12.2. The van der Waals surface area contributed by atoms with Crippen LogP contribution in [0.25, 0.3) is 53.6 Å². The highest BCUT2D eigenvalue weighted by Crippen LogP contribution is 2.45. The van der Waals surface area contributed by atoms with Crippen molar-refractivity contribution in [1.29, 1.82) is 0 Å². The van der Waals surface area contributed by atoms with Crippen LogP contribution in [0.3, 0.4) is 0 Å². The van der Waals surface area contributed by atoms with Crippen molar-refractivity contribution < 1.29 is 0 Å². The SMILES string of the molecule is C1=CCCC(CNCc2cccc(Nc3ccc(-c4cccc5c4sc4c(-c6ccccc6)cccc45)cc3-c3ccccc3)c2)=C1. The average molecular weight is 625 g/mol. The van der Waals surface area contributed by atoms with Crippen LogP contribution >= 0.6 is 11.3 Å². The third kappa shape index (κ3) is 6.16. The zero-order chi connectivity index (χ0) is 31.4. The van der Waals surface area contributed by atoms with Crippen molar-refractivity contribution in [3.8, 4) is 33.4 Å². The number of anilines is 2. The monoisotopic (exact) mass is 624 g/mol. The second kappa shape index (κ2) is 13.3. The maximum absolute atomic E-state index is 3.77. The van der Waals surface area contributed by atoms with Crippen LogP contribution in [0, 0.1) is 0 Å². The molecule has 0 atom stereocenters. The van der Waals surface area contributed by atoms with Crippen molar-refractivity contribution >= 4 is 42.9 Å². The van der Waals surface area contributed by atoms with Crippen LogP contribution in [0.4, 0.5) is 11.4 Å². The summed E-state index contributed by atoms with van der Waals surface area (Å²) >= 11 is 1.90. The smallest absolute Gasteiger partial charge is 0.0464 e. The Balaban J connectivity index is 1.14. The molecular weight excluding hydrogens is 589 g/mol. The van der Waals surface area contributed by atoms with Gasteiger partial charge in [0.05, 0.1) is 0 Å². The largest absolute Gasteiger partial charge is 0.355 e. The molecule has 0 bridgehead atoms. The first kappa shape index (κ1) is 29.2. The molecule has 228 valence electrons. The molecule has 0 amide bonds. The number of hydrogen-bond donors (Lipinski definition) is 2. The zero-order valence-corrected chi connectivity index (χ0v) is 27.1. The minimum atomic E-state index is 0.839. The van der Waals surface area contributed by atoms with Gasteiger partial charge in [-0.25, -0.2) is 0 Å². The predicted molar refractivity (Wildman–Crippen MR) is 204 cm³/mol. The van der Waals surface area contributed by atoms with E-state index >= 15 is 0 Å². The summed E-state index contributed by atoms with van der Waals surface area (Å²) in [4.78, 5) is 0. The van der Waals surface area contributed by atoms with Crippen molar-refractivity contribution in [3.05, 3.63) is 169 Å². The fourth-order valence-electron chi connectivity index (χ4n) is 6.65. The molecular formula is C44H36N2S. The first-order valence-corrected chi connectivity index (χ1v) is 17.2. The maximum atomic E-state index is 3.77. The summed E-state index contributed by atoms with van der Waals surface area (Å²) in [5, 5.41) is 10.0. The normalized spacial score (nSPS) is 12.8. The molecule has 2 nitrogen and oxygen atoms in total. The van der Waals surface area contributed by atoms with Crippen LogP contribution in [0.15, 0.2) is 163 Å². The summed E-state index contributed by atoms with van der Waals surface area (Å²) in [6.07, 6.45) is 8.94. The van der Waals surface area contributed by atoms with E-state index in [1.54, 1.807) is 0 Å². The molecule has 47 heavy (non-hydrogen) atoms. The number of thiophene rings is 1. The van der Waals surface area contributed by atoms with Crippen LogP contribution < -0.4 is 10.6 Å². The van der Waals surface area contributed by atoms with Gasteiger partial charge in [0.15, 0.2) is 0 Å². The highest BCUT2D eigenvalue weighted by Gasteiger charge is 2.15. The molecule has 0 saturated heterocycles. The highest BCUT2D eigenvalue weighted by atomic mass is 32.1. The quantitative estimate of drug-likeness (QED) is 0.167. The molecule has 1 aromatic heterocycles. The van der Waals surface area contributed by atoms with E-state index in [0.29, 0.717) is 0 Å². The topological polar surface area (TPSA) is 24.1 Å². The van der Waals surface area contributed by atoms with Gasteiger partial charge in [-0.3, -0.25) is 0 Å². The van der Waals surface area contributed by atoms with Gasteiger partial charge < -0.3 is 10.6 Å². The highest BCUT2D eigenvalue weighted by molar-refractivity contribution is 7.26. The first-order chi connectivity index (χ1) is 23.3. The number of nitrogens with one attached hydrogen (secondary N) is 2. The summed E-state index contributed by atoms with van der Waals surface area (Å²) in [6.45, 7) is 1.77. The number of hydrogen-bond acceptors (Lipinski definition) is 3. The molecule has 0 saturated carbocycles. The fourth-order valence-corrected chi connectivity index (χ4v) is 8.02. The van der Waals surface area contributed by atoms with Gasteiger partial charge in [-0.05, 0) is 70.5 Å². The standard InChI is InChI=1S/C44H36N2S/c1-4-13-31(14-5-1)29-45-30-32-15-10-20-36(27-32)46-42-26-25-35(28-41(42)34-18-8-3-9-19-34)38-22-12-24-40-39-23-11-21-37(43(39)47-44(38)40)33-16-6-2-7-17-33/h1-4,6-13,15-28,45-46H,5,14,29-30H2. The number of allylic oxidation sites excluding steroid dienone is 3. The van der Waals surface area contributed by atoms with Crippen molar-refractivity contribution in [1.82, 2.24) is 5.32 Å². The summed E-state index contributed by atoms with van der Waals surface area (Å²) in [6, 6.07) is 50.5. The van der Waals surface area contributed by atoms with Gasteiger partial charge in [-0.1, -0.05) is 139 Å². The molecule has 1 aliphatic carbocycles. The summed E-state index contributed by atoms with van der Waals surface area (Å²) < 4.78 is 2.66. The maximum Gasteiger partial charge on any atom is 0.0464 e. The van der Waals surface area contributed by atoms with Crippen molar-refractivity contribution in [2.24, 2.45) is 0 Å². The molecule has 0 aliphatic heterocycles. The molecule has 7 aromatic rings. The molecule has 2 N–H and O–H groups in total. The molecule has 1 aliphatic rings. The van der Waals surface area contributed by atoms with Crippen molar-refractivity contribution in [3.63, 3.8) is 0 Å². The van der Waals surface area contributed by atoms with Gasteiger partial charge in [0.25, 0.3) is 0 Å². The Morgan fingerprint density at radius 3 is 1.94 bits per heavy atom. The minimum absolute atomic E-state index is 0.839. The molecule has 8 rings (SSSR count). The zero-order valence-electron chi connectivity index (χ0n) is 26.2. The number of fused-ring (bicyclic) bond motifs is 3. The Bertz CT molecular complexity index is 2240. The van der Waals surface area contributed by atoms with Crippen LogP contribution in [0.1, 0.15) is 18.4 Å². The van der Waals surface area contributed by atoms with E-state index in [1.807, 2.05) is 11.3 Å². The van der Waals surface area contributed by atoms with Gasteiger partial charge in [-0.2, -0.15) is 0 Å². The van der Waals surface area contributed by atoms with E-state index < -0.39 is 0 Å². The molecule has 3 heteroatoms. The van der Waals surface area contributed by atoms with Crippen LogP contribution in [-0.4, -0.2) is 6.54 Å². The lowest BCUT2D eigenvalue weighted by atomic mass is 9.96. The Morgan fingerprint density at radius 2 is 1.23 bits per heavy atom. The Morgan fingerprint density at radius 1 is 0.553 bits per heavy atom. The van der Waals surface area contributed by atoms with Gasteiger partial charge in [0.1, 0.15) is 0 Å². The lowest BCUT2D eigenvalue weighted by molar-refractivity contribution is 0.715. The van der Waals surface area contributed by atoms with E-state index in [-0.39, 0.29) is 0 Å². The van der Waals surface area contributed by atoms with E-state index in [0.717, 1.165) is 37.3 Å². The van der Waals surface area contributed by atoms with Gasteiger partial charge in [0, 0.05) is 50.2 Å². The summed E-state index contributed by atoms with van der Waals surface area (Å²) in [5.41, 5.74) is 12.3. The molecule has 1 heterocycles. The Labute approximate surface area is 280 Å². The van der Waals surface area contributed by atoms with E-state index in [2.05, 4.69) is 168 Å². The molecule has 6 aromatic carbocycles. The lowest BCUT2D eigenvalue weighted by Crippen LogP contribution is -2.17. The predicted octanol–water partition coefficient (Wildman–Crippen LogP) is 12.2. The lowest BCUT2D eigenvalue weighted by Gasteiger charge is -2.16. The first-order valence-electron chi connectivity index (χ1n) is 16.4. The second-order valence-corrected chi connectivity index (χ2v) is 13.2. The summed E-state index contributed by atoms with van der Waals surface area (Å²) in [7, 11) is 0. The van der Waals surface area contributed by atoms with Crippen LogP contribution in [0.2, 0.25) is 0 Å². The Hall–Kier alpha value is -5.22. The fraction of sp³-hybridized carbons (Fsp3) is 0.0909. The molecule has 0 fully saturated rings. The third-order valence-electron chi connectivity index (χ3n) is 9.01. The van der Waals surface area contributed by atoms with Crippen molar-refractivity contribution in [2.75, 3.05) is 11.9 Å². The van der Waals surface area contributed by atoms with Gasteiger partial charge in [0.2, 0.25) is 0 Å². The van der Waals surface area contributed by atoms with Crippen LogP contribution in [-0.2, 0) is 6.54 Å². The Kier molecular flexibility index (Phi) is 8.23.